The lowest BCUT2D eigenvalue weighted by molar-refractivity contribution is -0.125. The molecular formula is C17H21N5O2. The summed E-state index contributed by atoms with van der Waals surface area (Å²) >= 11 is 0. The van der Waals surface area contributed by atoms with Crippen molar-refractivity contribution >= 4 is 11.8 Å². The van der Waals surface area contributed by atoms with Crippen molar-refractivity contribution in [1.82, 2.24) is 25.0 Å². The van der Waals surface area contributed by atoms with E-state index < -0.39 is 0 Å². The number of rotatable bonds is 4. The fourth-order valence-electron chi connectivity index (χ4n) is 2.99. The Morgan fingerprint density at radius 1 is 1.21 bits per heavy atom. The van der Waals surface area contributed by atoms with Crippen LogP contribution in [-0.2, 0) is 11.3 Å². The highest BCUT2D eigenvalue weighted by Crippen LogP contribution is 2.19. The van der Waals surface area contributed by atoms with Gasteiger partial charge in [0.25, 0.3) is 5.91 Å². The summed E-state index contributed by atoms with van der Waals surface area (Å²) < 4.78 is 1.74. The number of likely N-dealkylation sites (tertiary alicyclic amines) is 1. The minimum Gasteiger partial charge on any atom is -0.359 e. The van der Waals surface area contributed by atoms with Crippen molar-refractivity contribution < 1.29 is 9.59 Å². The van der Waals surface area contributed by atoms with Crippen LogP contribution in [0.5, 0.6) is 0 Å². The summed E-state index contributed by atoms with van der Waals surface area (Å²) in [7, 11) is 1.65. The molecule has 0 atom stereocenters. The molecule has 1 aliphatic heterocycles. The fourth-order valence-corrected chi connectivity index (χ4v) is 2.99. The first-order chi connectivity index (χ1) is 11.7. The van der Waals surface area contributed by atoms with Gasteiger partial charge in [0.2, 0.25) is 5.91 Å². The van der Waals surface area contributed by atoms with Crippen LogP contribution in [0.2, 0.25) is 0 Å². The standard InChI is InChI=1S/C17H21N5O2/c1-18-16(23)14-6-8-21(9-7-14)17(24)15-4-2-13(3-5-15)10-22-12-19-11-20-22/h2-5,11-12,14H,6-10H2,1H3,(H,18,23). The number of hydrogen-bond donors (Lipinski definition) is 1. The molecule has 126 valence electrons. The lowest BCUT2D eigenvalue weighted by Crippen LogP contribution is -2.42. The molecule has 7 nitrogen and oxygen atoms in total. The van der Waals surface area contributed by atoms with Crippen molar-refractivity contribution in [2.24, 2.45) is 5.92 Å². The third-order valence-corrected chi connectivity index (χ3v) is 4.41. The second kappa shape index (κ2) is 7.25. The van der Waals surface area contributed by atoms with E-state index in [0.717, 1.165) is 18.4 Å². The second-order valence-electron chi connectivity index (χ2n) is 5.97. The molecule has 1 fully saturated rings. The van der Waals surface area contributed by atoms with Crippen molar-refractivity contribution in [3.63, 3.8) is 0 Å². The molecule has 2 heterocycles. The van der Waals surface area contributed by atoms with E-state index in [4.69, 9.17) is 0 Å². The van der Waals surface area contributed by atoms with Crippen molar-refractivity contribution in [1.29, 1.82) is 0 Å². The zero-order chi connectivity index (χ0) is 16.9. The Morgan fingerprint density at radius 2 is 1.92 bits per heavy atom. The van der Waals surface area contributed by atoms with Gasteiger partial charge in [-0.1, -0.05) is 12.1 Å². The first-order valence-corrected chi connectivity index (χ1v) is 8.09. The Hall–Kier alpha value is -2.70. The quantitative estimate of drug-likeness (QED) is 0.906. The van der Waals surface area contributed by atoms with Crippen LogP contribution in [0, 0.1) is 5.92 Å². The highest BCUT2D eigenvalue weighted by molar-refractivity contribution is 5.94. The summed E-state index contributed by atoms with van der Waals surface area (Å²) in [6.07, 6.45) is 4.60. The van der Waals surface area contributed by atoms with Gasteiger partial charge in [0, 0.05) is 31.6 Å². The number of benzene rings is 1. The van der Waals surface area contributed by atoms with Gasteiger partial charge in [-0.3, -0.25) is 9.59 Å². The molecular weight excluding hydrogens is 306 g/mol. The Kier molecular flexibility index (Phi) is 4.88. The molecule has 0 spiro atoms. The molecule has 0 radical (unpaired) electrons. The largest absolute Gasteiger partial charge is 0.359 e. The molecule has 1 aromatic heterocycles. The first kappa shape index (κ1) is 16.2. The number of carbonyl (C=O) groups is 2. The fraction of sp³-hybridized carbons (Fsp3) is 0.412. The highest BCUT2D eigenvalue weighted by Gasteiger charge is 2.27. The van der Waals surface area contributed by atoms with Crippen LogP contribution < -0.4 is 5.32 Å². The van der Waals surface area contributed by atoms with E-state index in [-0.39, 0.29) is 17.7 Å². The van der Waals surface area contributed by atoms with Crippen LogP contribution in [-0.4, -0.2) is 51.6 Å². The number of nitrogens with one attached hydrogen (secondary N) is 1. The molecule has 2 aromatic rings. The number of carbonyl (C=O) groups excluding carboxylic acids is 2. The monoisotopic (exact) mass is 327 g/mol. The maximum Gasteiger partial charge on any atom is 0.253 e. The summed E-state index contributed by atoms with van der Waals surface area (Å²) in [6.45, 7) is 1.88. The van der Waals surface area contributed by atoms with Crippen LogP contribution >= 0.6 is 0 Å². The molecule has 1 aliphatic rings. The zero-order valence-corrected chi connectivity index (χ0v) is 13.7. The number of hydrogen-bond acceptors (Lipinski definition) is 4. The molecule has 3 rings (SSSR count). The minimum atomic E-state index is 0.0177. The molecule has 0 bridgehead atoms. The minimum absolute atomic E-state index is 0.0177. The maximum atomic E-state index is 12.6. The summed E-state index contributed by atoms with van der Waals surface area (Å²) in [4.78, 5) is 30.0. The summed E-state index contributed by atoms with van der Waals surface area (Å²) in [5, 5.41) is 6.75. The molecule has 24 heavy (non-hydrogen) atoms. The van der Waals surface area contributed by atoms with Crippen LogP contribution in [0.25, 0.3) is 0 Å². The Bertz CT molecular complexity index is 688. The van der Waals surface area contributed by atoms with E-state index in [1.54, 1.807) is 18.1 Å². The van der Waals surface area contributed by atoms with Gasteiger partial charge in [-0.25, -0.2) is 9.67 Å². The number of amides is 2. The van der Waals surface area contributed by atoms with Gasteiger partial charge in [0.15, 0.2) is 0 Å². The van der Waals surface area contributed by atoms with Gasteiger partial charge in [0.05, 0.1) is 6.54 Å². The number of nitrogens with zero attached hydrogens (tertiary/aromatic N) is 4. The Balaban J connectivity index is 1.58. The van der Waals surface area contributed by atoms with Crippen molar-refractivity contribution in [3.8, 4) is 0 Å². The lowest BCUT2D eigenvalue weighted by Gasteiger charge is -2.31. The highest BCUT2D eigenvalue weighted by atomic mass is 16.2. The summed E-state index contributed by atoms with van der Waals surface area (Å²) in [6, 6.07) is 7.57. The molecule has 0 aliphatic carbocycles. The van der Waals surface area contributed by atoms with E-state index in [2.05, 4.69) is 15.4 Å². The van der Waals surface area contributed by atoms with Gasteiger partial charge in [0.1, 0.15) is 12.7 Å². The van der Waals surface area contributed by atoms with Crippen molar-refractivity contribution in [2.45, 2.75) is 19.4 Å². The third-order valence-electron chi connectivity index (χ3n) is 4.41. The molecule has 0 unspecified atom stereocenters. The molecule has 0 saturated carbocycles. The van der Waals surface area contributed by atoms with Gasteiger partial charge in [-0.15, -0.1) is 0 Å². The van der Waals surface area contributed by atoms with Crippen LogP contribution in [0.3, 0.4) is 0 Å². The molecule has 2 amide bonds. The topological polar surface area (TPSA) is 80.1 Å². The average Bonchev–Trinajstić information content (AvgIpc) is 3.14. The van der Waals surface area contributed by atoms with E-state index in [9.17, 15) is 9.59 Å². The van der Waals surface area contributed by atoms with Gasteiger partial charge < -0.3 is 10.2 Å². The van der Waals surface area contributed by atoms with Gasteiger partial charge in [-0.05, 0) is 30.5 Å². The Labute approximate surface area is 140 Å². The summed E-state index contributed by atoms with van der Waals surface area (Å²) in [5.74, 6) is 0.112. The predicted octanol–water partition coefficient (Wildman–Crippen LogP) is 0.925. The van der Waals surface area contributed by atoms with E-state index >= 15 is 0 Å². The SMILES string of the molecule is CNC(=O)C1CCN(C(=O)c2ccc(Cn3cncn3)cc2)CC1. The van der Waals surface area contributed by atoms with Gasteiger partial charge >= 0.3 is 0 Å². The number of aromatic nitrogens is 3. The first-order valence-electron chi connectivity index (χ1n) is 8.09. The smallest absolute Gasteiger partial charge is 0.253 e. The summed E-state index contributed by atoms with van der Waals surface area (Å²) in [5.41, 5.74) is 1.74. The van der Waals surface area contributed by atoms with Crippen LogP contribution in [0.1, 0.15) is 28.8 Å². The van der Waals surface area contributed by atoms with E-state index in [1.807, 2.05) is 29.2 Å². The molecule has 1 saturated heterocycles. The normalized spacial score (nSPS) is 15.3. The third kappa shape index (κ3) is 3.61. The predicted molar refractivity (Wildman–Crippen MR) is 88.3 cm³/mol. The van der Waals surface area contributed by atoms with Crippen molar-refractivity contribution in [3.05, 3.63) is 48.0 Å². The zero-order valence-electron chi connectivity index (χ0n) is 13.7. The maximum absolute atomic E-state index is 12.6. The van der Waals surface area contributed by atoms with Crippen LogP contribution in [0.15, 0.2) is 36.9 Å². The van der Waals surface area contributed by atoms with Crippen LogP contribution in [0.4, 0.5) is 0 Å². The molecule has 1 aromatic carbocycles. The Morgan fingerprint density at radius 3 is 2.50 bits per heavy atom. The van der Waals surface area contributed by atoms with Crippen molar-refractivity contribution in [2.75, 3.05) is 20.1 Å². The van der Waals surface area contributed by atoms with E-state index in [1.165, 1.54) is 6.33 Å². The molecule has 7 heteroatoms. The average molecular weight is 327 g/mol. The van der Waals surface area contributed by atoms with E-state index in [0.29, 0.717) is 25.2 Å². The number of piperidine rings is 1. The van der Waals surface area contributed by atoms with Gasteiger partial charge in [-0.2, -0.15) is 5.10 Å². The molecule has 1 N–H and O–H groups in total. The lowest BCUT2D eigenvalue weighted by atomic mass is 9.95. The second-order valence-corrected chi connectivity index (χ2v) is 5.97.